The van der Waals surface area contributed by atoms with Crippen LogP contribution in [0.2, 0.25) is 0 Å². The van der Waals surface area contributed by atoms with Gasteiger partial charge in [0.15, 0.2) is 5.82 Å². The predicted molar refractivity (Wildman–Crippen MR) is 192 cm³/mol. The van der Waals surface area contributed by atoms with Crippen molar-refractivity contribution in [2.45, 2.75) is 51.1 Å². The van der Waals surface area contributed by atoms with E-state index in [9.17, 15) is 4.79 Å². The molecule has 3 aromatic heterocycles. The number of aromatic amines is 2. The lowest BCUT2D eigenvalue weighted by molar-refractivity contribution is -0.126. The van der Waals surface area contributed by atoms with Gasteiger partial charge < -0.3 is 25.2 Å². The Morgan fingerprint density at radius 1 is 0.750 bits per heavy atom. The van der Waals surface area contributed by atoms with Crippen LogP contribution in [-0.2, 0) is 30.6 Å². The van der Waals surface area contributed by atoms with Crippen molar-refractivity contribution in [2.24, 2.45) is 5.92 Å². The molecule has 4 N–H and O–H groups in total. The monoisotopic (exact) mass is 635 g/mol. The summed E-state index contributed by atoms with van der Waals surface area (Å²) in [5, 5.41) is 21.5. The van der Waals surface area contributed by atoms with Crippen LogP contribution in [-0.4, -0.2) is 43.7 Å². The summed E-state index contributed by atoms with van der Waals surface area (Å²) in [5.41, 5.74) is 5.94. The van der Waals surface area contributed by atoms with E-state index in [1.807, 2.05) is 6.07 Å². The molecule has 0 aliphatic carbocycles. The maximum absolute atomic E-state index is 13.8. The Morgan fingerprint density at radius 3 is 2.21 bits per heavy atom. The van der Waals surface area contributed by atoms with Gasteiger partial charge in [0.2, 0.25) is 5.91 Å². The molecule has 8 nitrogen and oxygen atoms in total. The average molecular weight is 636 g/mol. The Bertz CT molecular complexity index is 2180. The number of carbonyl (C=O) groups is 1. The third-order valence-electron chi connectivity index (χ3n) is 10.0. The number of piperidine rings is 1. The van der Waals surface area contributed by atoms with Crippen molar-refractivity contribution in [1.82, 2.24) is 35.4 Å². The maximum Gasteiger partial charge on any atom is 0.223 e. The zero-order chi connectivity index (χ0) is 32.3. The smallest absolute Gasteiger partial charge is 0.223 e. The Morgan fingerprint density at radius 2 is 1.42 bits per heavy atom. The fourth-order valence-corrected chi connectivity index (χ4v) is 7.44. The molecule has 8 heteroatoms. The number of amides is 1. The van der Waals surface area contributed by atoms with Gasteiger partial charge in [-0.3, -0.25) is 4.79 Å². The number of fused-ring (bicyclic) bond motifs is 3. The molecule has 4 heterocycles. The van der Waals surface area contributed by atoms with E-state index in [1.165, 1.54) is 32.8 Å². The van der Waals surface area contributed by atoms with Gasteiger partial charge in [0.1, 0.15) is 5.82 Å². The fourth-order valence-electron chi connectivity index (χ4n) is 7.44. The van der Waals surface area contributed by atoms with Crippen LogP contribution in [0.25, 0.3) is 32.6 Å². The van der Waals surface area contributed by atoms with E-state index >= 15 is 0 Å². The fraction of sp³-hybridized carbons (Fsp3) is 0.275. The molecule has 1 unspecified atom stereocenters. The van der Waals surface area contributed by atoms with Gasteiger partial charge >= 0.3 is 0 Å². The van der Waals surface area contributed by atoms with Crippen LogP contribution in [0.3, 0.4) is 0 Å². The van der Waals surface area contributed by atoms with Crippen LogP contribution in [0.4, 0.5) is 0 Å². The minimum Gasteiger partial charge on any atom is -0.361 e. The van der Waals surface area contributed by atoms with Crippen LogP contribution in [0.1, 0.15) is 53.6 Å². The molecule has 0 spiro atoms. The van der Waals surface area contributed by atoms with E-state index in [0.717, 1.165) is 73.3 Å². The highest BCUT2D eigenvalue weighted by Gasteiger charge is 2.29. The van der Waals surface area contributed by atoms with Gasteiger partial charge in [-0.1, -0.05) is 78.9 Å². The van der Waals surface area contributed by atoms with Crippen molar-refractivity contribution >= 4 is 38.5 Å². The summed E-state index contributed by atoms with van der Waals surface area (Å²) < 4.78 is 2.28. The van der Waals surface area contributed by atoms with Gasteiger partial charge in [-0.25, -0.2) is 0 Å². The van der Waals surface area contributed by atoms with E-state index < -0.39 is 0 Å². The van der Waals surface area contributed by atoms with Crippen molar-refractivity contribution in [2.75, 3.05) is 13.1 Å². The number of aromatic nitrogens is 5. The van der Waals surface area contributed by atoms with Crippen molar-refractivity contribution in [3.05, 3.63) is 132 Å². The topological polar surface area (TPSA) is 103 Å². The van der Waals surface area contributed by atoms with Crippen LogP contribution < -0.4 is 10.6 Å². The normalized spacial score (nSPS) is 14.6. The van der Waals surface area contributed by atoms with Gasteiger partial charge in [0, 0.05) is 53.0 Å². The van der Waals surface area contributed by atoms with Gasteiger partial charge in [-0.15, -0.1) is 10.2 Å². The number of benzene rings is 4. The van der Waals surface area contributed by atoms with Gasteiger partial charge in [-0.2, -0.15) is 0 Å². The highest BCUT2D eigenvalue weighted by atomic mass is 16.2. The number of H-pyrrole nitrogens is 2. The van der Waals surface area contributed by atoms with Crippen molar-refractivity contribution in [1.29, 1.82) is 0 Å². The zero-order valence-electron chi connectivity index (χ0n) is 27.1. The largest absolute Gasteiger partial charge is 0.361 e. The number of nitrogens with zero attached hydrogens (tertiary/aromatic N) is 3. The number of aryl methyl sites for hydroxylation is 2. The highest BCUT2D eigenvalue weighted by Crippen LogP contribution is 2.28. The summed E-state index contributed by atoms with van der Waals surface area (Å²) in [6.45, 7) is 2.35. The number of nitrogens with one attached hydrogen (secondary N) is 4. The molecule has 242 valence electrons. The minimum atomic E-state index is -0.337. The molecule has 4 aromatic carbocycles. The number of para-hydroxylation sites is 2. The van der Waals surface area contributed by atoms with Crippen molar-refractivity contribution in [3.63, 3.8) is 0 Å². The molecule has 1 amide bonds. The molecular formula is C40H41N7O. The number of rotatable bonds is 11. The summed E-state index contributed by atoms with van der Waals surface area (Å²) in [4.78, 5) is 20.7. The first-order valence-corrected chi connectivity index (χ1v) is 17.2. The van der Waals surface area contributed by atoms with E-state index in [-0.39, 0.29) is 17.9 Å². The number of hydrogen-bond donors (Lipinski definition) is 4. The number of hydrogen-bond acceptors (Lipinski definition) is 4. The molecule has 7 aromatic rings. The molecule has 0 radical (unpaired) electrons. The molecule has 1 aliphatic rings. The summed E-state index contributed by atoms with van der Waals surface area (Å²) in [6, 6.07) is 31.5. The molecule has 1 atom stereocenters. The Balaban J connectivity index is 1.16. The quantitative estimate of drug-likeness (QED) is 0.123. The minimum absolute atomic E-state index is 0.0122. The second-order valence-electron chi connectivity index (χ2n) is 13.1. The lowest BCUT2D eigenvalue weighted by atomic mass is 9.96. The number of carbonyl (C=O) groups excluding carboxylic acids is 1. The van der Waals surface area contributed by atoms with Crippen LogP contribution in [0, 0.1) is 5.92 Å². The molecule has 0 saturated carbocycles. The van der Waals surface area contributed by atoms with Crippen molar-refractivity contribution < 1.29 is 4.79 Å². The standard InChI is InChI=1S/C40H41N7O/c48-40(28-19-21-41-22-20-28)44-37(23-31-25-43-36-17-6-4-15-34(31)36)39-46-45-38(18-8-11-29-24-42-35-16-5-3-14-33(29)35)47(39)26-30-12-7-10-27-9-1-2-13-32(27)30/h1-7,9-10,12-17,24-25,28,37,41-43H,8,11,18-23,26H2,(H,44,48). The van der Waals surface area contributed by atoms with Crippen molar-refractivity contribution in [3.8, 4) is 0 Å². The molecule has 1 saturated heterocycles. The lowest BCUT2D eigenvalue weighted by Gasteiger charge is -2.26. The molecule has 1 aliphatic heterocycles. The van der Waals surface area contributed by atoms with E-state index in [1.54, 1.807) is 0 Å². The first kappa shape index (κ1) is 30.1. The molecule has 0 bridgehead atoms. The van der Waals surface area contributed by atoms with Crippen LogP contribution >= 0.6 is 0 Å². The van der Waals surface area contributed by atoms with Gasteiger partial charge in [-0.05, 0) is 78.4 Å². The van der Waals surface area contributed by atoms with E-state index in [2.05, 4.69) is 122 Å². The van der Waals surface area contributed by atoms with Crippen LogP contribution in [0.5, 0.6) is 0 Å². The highest BCUT2D eigenvalue weighted by molar-refractivity contribution is 5.86. The first-order valence-electron chi connectivity index (χ1n) is 17.2. The summed E-state index contributed by atoms with van der Waals surface area (Å²) in [6.07, 6.45) is 9.14. The third-order valence-corrected chi connectivity index (χ3v) is 10.0. The van der Waals surface area contributed by atoms with E-state index in [4.69, 9.17) is 10.2 Å². The molecular weight excluding hydrogens is 594 g/mol. The summed E-state index contributed by atoms with van der Waals surface area (Å²) in [5.74, 6) is 1.83. The zero-order valence-corrected chi connectivity index (χ0v) is 27.1. The lowest BCUT2D eigenvalue weighted by Crippen LogP contribution is -2.41. The molecule has 8 rings (SSSR count). The Hall–Kier alpha value is -5.21. The van der Waals surface area contributed by atoms with E-state index in [0.29, 0.717) is 13.0 Å². The van der Waals surface area contributed by atoms with Gasteiger partial charge in [0.05, 0.1) is 12.6 Å². The van der Waals surface area contributed by atoms with Crippen LogP contribution in [0.15, 0.2) is 103 Å². The molecule has 1 fully saturated rings. The third kappa shape index (κ3) is 6.11. The second-order valence-corrected chi connectivity index (χ2v) is 13.1. The Kier molecular flexibility index (Phi) is 8.47. The Labute approximate surface area is 280 Å². The molecule has 48 heavy (non-hydrogen) atoms. The predicted octanol–water partition coefficient (Wildman–Crippen LogP) is 7.02. The maximum atomic E-state index is 13.8. The summed E-state index contributed by atoms with van der Waals surface area (Å²) in [7, 11) is 0. The average Bonchev–Trinajstić information content (AvgIpc) is 3.86. The second kappa shape index (κ2) is 13.5. The SMILES string of the molecule is O=C(NC(Cc1c[nH]c2ccccc12)c1nnc(CCCc2c[nH]c3ccccc23)n1Cc1cccc2ccccc12)C1CCNCC1. The first-order chi connectivity index (χ1) is 23.7. The van der Waals surface area contributed by atoms with Gasteiger partial charge in [0.25, 0.3) is 0 Å². The summed E-state index contributed by atoms with van der Waals surface area (Å²) >= 11 is 0.